The number of imidazole rings is 1. The van der Waals surface area contributed by atoms with Gasteiger partial charge in [0.05, 0.1) is 18.1 Å². The standard InChI is InChI=1S/C11H15ClN6O2/c1-3-9(12)10-7-16(15-14-10)4-5-17-8(2)13-6-11(17)18(19)20/h6-7,9H,3-5H2,1-2H3. The average molecular weight is 299 g/mol. The third-order valence-corrected chi connectivity index (χ3v) is 3.54. The molecule has 8 nitrogen and oxygen atoms in total. The summed E-state index contributed by atoms with van der Waals surface area (Å²) >= 11 is 6.08. The predicted octanol–water partition coefficient (Wildman–Crippen LogP) is 2.08. The van der Waals surface area contributed by atoms with Gasteiger partial charge in [-0.05, 0) is 11.3 Å². The number of aryl methyl sites for hydroxylation is 2. The molecule has 0 amide bonds. The zero-order chi connectivity index (χ0) is 14.7. The van der Waals surface area contributed by atoms with Gasteiger partial charge in [-0.1, -0.05) is 12.1 Å². The zero-order valence-corrected chi connectivity index (χ0v) is 12.0. The normalized spacial score (nSPS) is 12.6. The molecule has 1 unspecified atom stereocenters. The van der Waals surface area contributed by atoms with E-state index in [-0.39, 0.29) is 11.2 Å². The summed E-state index contributed by atoms with van der Waals surface area (Å²) in [6.07, 6.45) is 3.79. The number of alkyl halides is 1. The van der Waals surface area contributed by atoms with Crippen LogP contribution < -0.4 is 0 Å². The molecule has 0 aliphatic heterocycles. The molecule has 0 saturated heterocycles. The molecule has 108 valence electrons. The van der Waals surface area contributed by atoms with Gasteiger partial charge in [0.2, 0.25) is 0 Å². The van der Waals surface area contributed by atoms with Gasteiger partial charge < -0.3 is 10.1 Å². The maximum atomic E-state index is 10.9. The van der Waals surface area contributed by atoms with Gasteiger partial charge in [-0.25, -0.2) is 14.2 Å². The molecule has 0 N–H and O–H groups in total. The third kappa shape index (κ3) is 2.96. The van der Waals surface area contributed by atoms with Crippen LogP contribution in [0.15, 0.2) is 12.4 Å². The fourth-order valence-corrected chi connectivity index (χ4v) is 1.96. The van der Waals surface area contributed by atoms with E-state index < -0.39 is 4.92 Å². The summed E-state index contributed by atoms with van der Waals surface area (Å²) in [7, 11) is 0. The number of aromatic nitrogens is 5. The number of rotatable bonds is 6. The number of nitrogens with zero attached hydrogens (tertiary/aromatic N) is 6. The van der Waals surface area contributed by atoms with Crippen LogP contribution in [0.3, 0.4) is 0 Å². The quantitative estimate of drug-likeness (QED) is 0.462. The Bertz CT molecular complexity index is 608. The Morgan fingerprint density at radius 1 is 1.50 bits per heavy atom. The van der Waals surface area contributed by atoms with Gasteiger partial charge in [0.1, 0.15) is 18.4 Å². The van der Waals surface area contributed by atoms with Crippen molar-refractivity contribution in [3.8, 4) is 0 Å². The minimum absolute atomic E-state index is 0.0217. The lowest BCUT2D eigenvalue weighted by atomic mass is 10.3. The second kappa shape index (κ2) is 6.00. The highest BCUT2D eigenvalue weighted by Gasteiger charge is 2.17. The van der Waals surface area contributed by atoms with Gasteiger partial charge >= 0.3 is 5.82 Å². The summed E-state index contributed by atoms with van der Waals surface area (Å²) < 4.78 is 3.17. The lowest BCUT2D eigenvalue weighted by Crippen LogP contribution is -2.11. The van der Waals surface area contributed by atoms with Gasteiger partial charge in [0, 0.05) is 6.92 Å². The molecule has 0 saturated carbocycles. The van der Waals surface area contributed by atoms with Gasteiger partial charge in [0.25, 0.3) is 0 Å². The monoisotopic (exact) mass is 298 g/mol. The van der Waals surface area contributed by atoms with E-state index in [1.54, 1.807) is 22.4 Å². The van der Waals surface area contributed by atoms with Crippen molar-refractivity contribution in [3.05, 3.63) is 34.0 Å². The zero-order valence-electron chi connectivity index (χ0n) is 11.2. The van der Waals surface area contributed by atoms with E-state index in [0.717, 1.165) is 6.42 Å². The van der Waals surface area contributed by atoms with E-state index in [1.165, 1.54) is 6.20 Å². The first kappa shape index (κ1) is 14.4. The lowest BCUT2D eigenvalue weighted by Gasteiger charge is -2.03. The molecule has 0 fully saturated rings. The van der Waals surface area contributed by atoms with Crippen LogP contribution in [0, 0.1) is 17.0 Å². The van der Waals surface area contributed by atoms with E-state index in [4.69, 9.17) is 11.6 Å². The molecular weight excluding hydrogens is 284 g/mol. The predicted molar refractivity (Wildman–Crippen MR) is 72.5 cm³/mol. The maximum Gasteiger partial charge on any atom is 0.342 e. The number of halogens is 1. The summed E-state index contributed by atoms with van der Waals surface area (Å²) in [5.74, 6) is 0.576. The molecule has 20 heavy (non-hydrogen) atoms. The van der Waals surface area contributed by atoms with Crippen molar-refractivity contribution in [2.75, 3.05) is 0 Å². The molecule has 2 heterocycles. The lowest BCUT2D eigenvalue weighted by molar-refractivity contribution is -0.392. The molecule has 0 radical (unpaired) electrons. The molecule has 0 aliphatic carbocycles. The highest BCUT2D eigenvalue weighted by Crippen LogP contribution is 2.20. The van der Waals surface area contributed by atoms with Crippen molar-refractivity contribution in [1.82, 2.24) is 24.5 Å². The van der Waals surface area contributed by atoms with Crippen LogP contribution in [0.5, 0.6) is 0 Å². The minimum atomic E-state index is -0.446. The molecule has 0 spiro atoms. The number of nitro groups is 1. The van der Waals surface area contributed by atoms with Gasteiger partial charge in [-0.15, -0.1) is 16.7 Å². The number of hydrogen-bond donors (Lipinski definition) is 0. The molecule has 2 aromatic heterocycles. The van der Waals surface area contributed by atoms with Gasteiger partial charge in [-0.2, -0.15) is 0 Å². The highest BCUT2D eigenvalue weighted by molar-refractivity contribution is 6.20. The van der Waals surface area contributed by atoms with Crippen LogP contribution in [0.1, 0.15) is 30.2 Å². The smallest absolute Gasteiger partial charge is 0.342 e. The van der Waals surface area contributed by atoms with Crippen LogP contribution in [-0.2, 0) is 13.1 Å². The molecule has 0 bridgehead atoms. The van der Waals surface area contributed by atoms with Crippen LogP contribution >= 0.6 is 11.6 Å². The average Bonchev–Trinajstić information content (AvgIpc) is 3.02. The van der Waals surface area contributed by atoms with Crippen molar-refractivity contribution in [2.24, 2.45) is 0 Å². The van der Waals surface area contributed by atoms with E-state index in [1.807, 2.05) is 6.92 Å². The Morgan fingerprint density at radius 2 is 2.25 bits per heavy atom. The van der Waals surface area contributed by atoms with Crippen LogP contribution in [-0.4, -0.2) is 29.5 Å². The largest absolute Gasteiger partial charge is 0.358 e. The summed E-state index contributed by atoms with van der Waals surface area (Å²) in [6.45, 7) is 4.57. The minimum Gasteiger partial charge on any atom is -0.358 e. The Kier molecular flexibility index (Phi) is 4.33. The fourth-order valence-electron chi connectivity index (χ4n) is 1.86. The second-order valence-electron chi connectivity index (χ2n) is 4.35. The van der Waals surface area contributed by atoms with Crippen LogP contribution in [0.2, 0.25) is 0 Å². The van der Waals surface area contributed by atoms with Gasteiger partial charge in [-0.3, -0.25) is 0 Å². The summed E-state index contributed by atoms with van der Waals surface area (Å²) in [6, 6.07) is 0. The third-order valence-electron chi connectivity index (χ3n) is 3.01. The molecule has 0 aromatic carbocycles. The van der Waals surface area contributed by atoms with E-state index in [9.17, 15) is 10.1 Å². The molecule has 2 rings (SSSR count). The maximum absolute atomic E-state index is 10.9. The van der Waals surface area contributed by atoms with E-state index >= 15 is 0 Å². The first-order chi connectivity index (χ1) is 9.52. The topological polar surface area (TPSA) is 91.7 Å². The van der Waals surface area contributed by atoms with E-state index in [2.05, 4.69) is 15.3 Å². The van der Waals surface area contributed by atoms with E-state index in [0.29, 0.717) is 24.6 Å². The van der Waals surface area contributed by atoms with Crippen molar-refractivity contribution in [1.29, 1.82) is 0 Å². The van der Waals surface area contributed by atoms with Gasteiger partial charge in [0.15, 0.2) is 5.82 Å². The first-order valence-electron chi connectivity index (χ1n) is 6.23. The Labute approximate surface area is 120 Å². The molecule has 1 atom stereocenters. The van der Waals surface area contributed by atoms with Crippen molar-refractivity contribution in [2.45, 2.75) is 38.7 Å². The van der Waals surface area contributed by atoms with Crippen molar-refractivity contribution >= 4 is 17.4 Å². The summed E-state index contributed by atoms with van der Waals surface area (Å²) in [5, 5.41) is 18.7. The van der Waals surface area contributed by atoms with Crippen molar-refractivity contribution < 1.29 is 4.92 Å². The molecule has 0 aliphatic rings. The highest BCUT2D eigenvalue weighted by atomic mass is 35.5. The Hall–Kier alpha value is -1.96. The molecule has 2 aromatic rings. The summed E-state index contributed by atoms with van der Waals surface area (Å²) in [5.41, 5.74) is 0.714. The van der Waals surface area contributed by atoms with Crippen LogP contribution in [0.4, 0.5) is 5.82 Å². The van der Waals surface area contributed by atoms with Crippen molar-refractivity contribution in [3.63, 3.8) is 0 Å². The molecular formula is C11H15ClN6O2. The Balaban J connectivity index is 2.07. The SMILES string of the molecule is CCC(Cl)c1cn(CCn2c([N+](=O)[O-])cnc2C)nn1. The Morgan fingerprint density at radius 3 is 2.90 bits per heavy atom. The first-order valence-corrected chi connectivity index (χ1v) is 6.67. The number of hydrogen-bond acceptors (Lipinski definition) is 5. The molecule has 9 heteroatoms. The van der Waals surface area contributed by atoms with Crippen LogP contribution in [0.25, 0.3) is 0 Å². The summed E-state index contributed by atoms with van der Waals surface area (Å²) in [4.78, 5) is 14.4. The second-order valence-corrected chi connectivity index (χ2v) is 4.88. The fraction of sp³-hybridized carbons (Fsp3) is 0.545.